The summed E-state index contributed by atoms with van der Waals surface area (Å²) in [5, 5.41) is 18.9. The minimum atomic E-state index is -1.18. The Morgan fingerprint density at radius 1 is 1.69 bits per heavy atom. The molecule has 13 heavy (non-hydrogen) atoms. The molecule has 0 aromatic carbocycles. The number of alkyl carbamates (subject to hydrolysis) is 1. The molecule has 72 valence electrons. The summed E-state index contributed by atoms with van der Waals surface area (Å²) in [6, 6.07) is 0.726. The van der Waals surface area contributed by atoms with Gasteiger partial charge in [-0.1, -0.05) is 0 Å². The zero-order valence-corrected chi connectivity index (χ0v) is 7.11. The van der Waals surface area contributed by atoms with Gasteiger partial charge in [0, 0.05) is 6.42 Å². The average molecular weight is 186 g/mol. The van der Waals surface area contributed by atoms with Crippen LogP contribution in [0.25, 0.3) is 0 Å². The maximum atomic E-state index is 10.6. The second-order valence-corrected chi connectivity index (χ2v) is 2.22. The van der Waals surface area contributed by atoms with Crippen LogP contribution in [0.2, 0.25) is 0 Å². The van der Waals surface area contributed by atoms with Crippen molar-refractivity contribution in [1.82, 2.24) is 5.32 Å². The number of carbonyl (C=O) groups excluding carboxylic acids is 1. The van der Waals surface area contributed by atoms with Crippen LogP contribution in [0.15, 0.2) is 0 Å². The van der Waals surface area contributed by atoms with Gasteiger partial charge in [-0.3, -0.25) is 0 Å². The highest BCUT2D eigenvalue weighted by Gasteiger charge is 2.19. The number of amides is 1. The van der Waals surface area contributed by atoms with E-state index in [1.54, 1.807) is 6.07 Å². The quantitative estimate of drug-likeness (QED) is 0.648. The lowest BCUT2D eigenvalue weighted by Gasteiger charge is -2.10. The lowest BCUT2D eigenvalue weighted by atomic mass is 10.2. The van der Waals surface area contributed by atoms with E-state index >= 15 is 0 Å². The van der Waals surface area contributed by atoms with Crippen LogP contribution in [0.4, 0.5) is 4.79 Å². The van der Waals surface area contributed by atoms with Crippen LogP contribution in [-0.4, -0.2) is 30.3 Å². The van der Waals surface area contributed by atoms with Crippen LogP contribution in [0.5, 0.6) is 0 Å². The highest BCUT2D eigenvalue weighted by atomic mass is 16.5. The lowest BCUT2D eigenvalue weighted by molar-refractivity contribution is -0.139. The topological polar surface area (TPSA) is 99.4 Å². The summed E-state index contributed by atoms with van der Waals surface area (Å²) in [5.74, 6) is -1.18. The Labute approximate surface area is 75.1 Å². The predicted molar refractivity (Wildman–Crippen MR) is 41.8 cm³/mol. The number of rotatable bonds is 4. The van der Waals surface area contributed by atoms with Crippen LogP contribution in [0.1, 0.15) is 12.8 Å². The van der Waals surface area contributed by atoms with Crippen LogP contribution in [-0.2, 0) is 9.53 Å². The molecular weight excluding hydrogens is 176 g/mol. The zero-order valence-electron chi connectivity index (χ0n) is 7.11. The van der Waals surface area contributed by atoms with Crippen molar-refractivity contribution < 1.29 is 19.4 Å². The number of hydrogen-bond acceptors (Lipinski definition) is 4. The van der Waals surface area contributed by atoms with Gasteiger partial charge in [0.25, 0.3) is 0 Å². The van der Waals surface area contributed by atoms with E-state index in [-0.39, 0.29) is 12.8 Å². The number of hydrogen-bond donors (Lipinski definition) is 2. The molecule has 0 bridgehead atoms. The molecule has 0 unspecified atom stereocenters. The molecule has 0 saturated carbocycles. The Bertz CT molecular complexity index is 233. The van der Waals surface area contributed by atoms with Gasteiger partial charge in [-0.15, -0.1) is 0 Å². The maximum Gasteiger partial charge on any atom is 0.407 e. The molecule has 0 radical (unpaired) electrons. The van der Waals surface area contributed by atoms with Gasteiger partial charge in [-0.2, -0.15) is 5.26 Å². The van der Waals surface area contributed by atoms with E-state index in [9.17, 15) is 9.59 Å². The number of nitriles is 1. The fraction of sp³-hybridized carbons (Fsp3) is 0.571. The highest BCUT2D eigenvalue weighted by molar-refractivity contribution is 5.79. The van der Waals surface area contributed by atoms with Gasteiger partial charge in [0.1, 0.15) is 6.04 Å². The first kappa shape index (κ1) is 11.2. The normalized spacial score (nSPS) is 11.1. The molecule has 0 spiro atoms. The van der Waals surface area contributed by atoms with Gasteiger partial charge in [0.05, 0.1) is 13.2 Å². The summed E-state index contributed by atoms with van der Waals surface area (Å²) in [7, 11) is 1.14. The van der Waals surface area contributed by atoms with Crippen molar-refractivity contribution in [2.45, 2.75) is 18.9 Å². The van der Waals surface area contributed by atoms with Crippen molar-refractivity contribution in [2.24, 2.45) is 0 Å². The molecular formula is C7H10N2O4. The van der Waals surface area contributed by atoms with Crippen molar-refractivity contribution in [3.63, 3.8) is 0 Å². The number of carbonyl (C=O) groups is 2. The SMILES string of the molecule is COC(=O)N[C@@H](CCC#N)C(=O)O. The fourth-order valence-corrected chi connectivity index (χ4v) is 0.667. The number of ether oxygens (including phenoxy) is 1. The van der Waals surface area contributed by atoms with E-state index in [2.05, 4.69) is 10.1 Å². The van der Waals surface area contributed by atoms with Crippen molar-refractivity contribution in [2.75, 3.05) is 7.11 Å². The molecule has 1 amide bonds. The zero-order chi connectivity index (χ0) is 10.3. The molecule has 6 nitrogen and oxygen atoms in total. The van der Waals surface area contributed by atoms with Crippen molar-refractivity contribution in [3.05, 3.63) is 0 Å². The molecule has 6 heteroatoms. The minimum Gasteiger partial charge on any atom is -0.480 e. The number of methoxy groups -OCH3 is 1. The Balaban J connectivity index is 4.03. The Kier molecular flexibility index (Phi) is 5.03. The van der Waals surface area contributed by atoms with E-state index in [1.807, 2.05) is 0 Å². The smallest absolute Gasteiger partial charge is 0.407 e. The minimum absolute atomic E-state index is 0.0704. The summed E-state index contributed by atoms with van der Waals surface area (Å²) in [4.78, 5) is 21.1. The second kappa shape index (κ2) is 5.83. The van der Waals surface area contributed by atoms with E-state index in [0.29, 0.717) is 0 Å². The summed E-state index contributed by atoms with van der Waals surface area (Å²) in [5.41, 5.74) is 0. The molecule has 0 rings (SSSR count). The van der Waals surface area contributed by atoms with Crippen molar-refractivity contribution in [3.8, 4) is 6.07 Å². The van der Waals surface area contributed by atoms with Gasteiger partial charge in [0.15, 0.2) is 0 Å². The first-order chi connectivity index (χ1) is 6.11. The third-order valence-electron chi connectivity index (χ3n) is 1.32. The fourth-order valence-electron chi connectivity index (χ4n) is 0.667. The Morgan fingerprint density at radius 2 is 2.31 bits per heavy atom. The monoisotopic (exact) mass is 186 g/mol. The van der Waals surface area contributed by atoms with Gasteiger partial charge < -0.3 is 15.2 Å². The molecule has 0 saturated heterocycles. The van der Waals surface area contributed by atoms with Gasteiger partial charge >= 0.3 is 12.1 Å². The molecule has 0 aliphatic heterocycles. The second-order valence-electron chi connectivity index (χ2n) is 2.22. The summed E-state index contributed by atoms with van der Waals surface area (Å²) >= 11 is 0. The van der Waals surface area contributed by atoms with E-state index in [0.717, 1.165) is 7.11 Å². The number of nitrogens with zero attached hydrogens (tertiary/aromatic N) is 1. The van der Waals surface area contributed by atoms with Crippen LogP contribution in [0, 0.1) is 11.3 Å². The molecule has 0 aromatic heterocycles. The van der Waals surface area contributed by atoms with Gasteiger partial charge in [-0.25, -0.2) is 9.59 Å². The number of aliphatic carboxylic acids is 1. The predicted octanol–water partition coefficient (Wildman–Crippen LogP) is 0.0994. The van der Waals surface area contributed by atoms with Crippen molar-refractivity contribution >= 4 is 12.1 Å². The lowest BCUT2D eigenvalue weighted by Crippen LogP contribution is -2.40. The van der Waals surface area contributed by atoms with Gasteiger partial charge in [0.2, 0.25) is 0 Å². The molecule has 0 aliphatic carbocycles. The molecule has 1 atom stereocenters. The van der Waals surface area contributed by atoms with E-state index in [4.69, 9.17) is 10.4 Å². The van der Waals surface area contributed by atoms with Crippen LogP contribution >= 0.6 is 0 Å². The summed E-state index contributed by atoms with van der Waals surface area (Å²) in [6.45, 7) is 0. The van der Waals surface area contributed by atoms with E-state index in [1.165, 1.54) is 0 Å². The van der Waals surface area contributed by atoms with Crippen molar-refractivity contribution in [1.29, 1.82) is 5.26 Å². The number of carboxylic acid groups (broad SMARTS) is 1. The first-order valence-electron chi connectivity index (χ1n) is 3.56. The average Bonchev–Trinajstić information content (AvgIpc) is 2.11. The Hall–Kier alpha value is -1.77. The molecule has 0 fully saturated rings. The molecule has 2 N–H and O–H groups in total. The number of nitrogens with one attached hydrogen (secondary N) is 1. The highest BCUT2D eigenvalue weighted by Crippen LogP contribution is 1.96. The largest absolute Gasteiger partial charge is 0.480 e. The number of carboxylic acids is 1. The van der Waals surface area contributed by atoms with Crippen LogP contribution < -0.4 is 5.32 Å². The van der Waals surface area contributed by atoms with Crippen LogP contribution in [0.3, 0.4) is 0 Å². The Morgan fingerprint density at radius 3 is 2.69 bits per heavy atom. The standard InChI is InChI=1S/C7H10N2O4/c1-13-7(12)9-5(6(10)11)3-2-4-8/h5H,2-3H2,1H3,(H,9,12)(H,10,11)/t5-/m0/s1. The molecule has 0 heterocycles. The third kappa shape index (κ3) is 4.63. The third-order valence-corrected chi connectivity index (χ3v) is 1.32. The molecule has 0 aliphatic rings. The van der Waals surface area contributed by atoms with Gasteiger partial charge in [-0.05, 0) is 6.42 Å². The van der Waals surface area contributed by atoms with E-state index < -0.39 is 18.1 Å². The first-order valence-corrected chi connectivity index (χ1v) is 3.56. The summed E-state index contributed by atoms with van der Waals surface area (Å²) in [6.07, 6.45) is -0.674. The summed E-state index contributed by atoms with van der Waals surface area (Å²) < 4.78 is 4.21. The molecule has 0 aromatic rings. The maximum absolute atomic E-state index is 10.6.